The first-order chi connectivity index (χ1) is 28.3. The van der Waals surface area contributed by atoms with Crippen molar-refractivity contribution in [3.05, 3.63) is 78.0 Å². The van der Waals surface area contributed by atoms with Gasteiger partial charge in [-0.05, 0) is 75.5 Å². The molecule has 312 valence electrons. The second kappa shape index (κ2) is 21.4. The molecule has 2 aliphatic heterocycles. The molecular weight excluding hydrogens is 743 g/mol. The molecule has 1 aromatic heterocycles. The van der Waals surface area contributed by atoms with Gasteiger partial charge in [-0.1, -0.05) is 61.9 Å². The van der Waals surface area contributed by atoms with Gasteiger partial charge < -0.3 is 39.5 Å². The number of aromatic nitrogens is 2. The maximum atomic E-state index is 14.0. The Morgan fingerprint density at radius 2 is 1.55 bits per heavy atom. The standard InChI is InChI=1S/C43H57N7O8/c1-2-3-28-57-43(55)48-25-23-47(24-26-48)42(54)35(20-10-11-27-56-30-32-14-6-4-7-15-32)45-40(52)36-29-39(50(46-36)34-18-8-5-9-19-34)58-31-38(51)49-22-13-21-37(49)41(53)44-33-16-12-17-33/h4-9,14-15,18-19,29,33,35,37H,2-3,10-13,16-17,20-28,30-31H2,1H3,(H,44,53)(H,45,52). The Balaban J connectivity index is 1.11. The third-order valence-electron chi connectivity index (χ3n) is 10.9. The molecule has 2 unspecified atom stereocenters. The molecular formula is C43H57N7O8. The van der Waals surface area contributed by atoms with E-state index in [2.05, 4.69) is 15.7 Å². The van der Waals surface area contributed by atoms with Crippen LogP contribution in [0.3, 0.4) is 0 Å². The van der Waals surface area contributed by atoms with Crippen molar-refractivity contribution in [1.82, 2.24) is 35.1 Å². The summed E-state index contributed by atoms with van der Waals surface area (Å²) in [7, 11) is 0. The van der Waals surface area contributed by atoms with Crippen molar-refractivity contribution in [3.63, 3.8) is 0 Å². The summed E-state index contributed by atoms with van der Waals surface area (Å²) in [6, 6.07) is 19.2. The number of hydrogen-bond acceptors (Lipinski definition) is 9. The zero-order valence-electron chi connectivity index (χ0n) is 33.5. The van der Waals surface area contributed by atoms with Crippen LogP contribution in [0.1, 0.15) is 87.2 Å². The average molecular weight is 800 g/mol. The molecule has 0 bridgehead atoms. The fraction of sp³-hybridized carbons (Fsp3) is 0.535. The summed E-state index contributed by atoms with van der Waals surface area (Å²) in [5.74, 6) is -1.11. The van der Waals surface area contributed by atoms with Gasteiger partial charge in [0.05, 0.1) is 18.9 Å². The molecule has 3 heterocycles. The number of piperazine rings is 1. The zero-order chi connectivity index (χ0) is 40.7. The second-order valence-corrected chi connectivity index (χ2v) is 15.1. The lowest BCUT2D eigenvalue weighted by Gasteiger charge is -2.36. The molecule has 3 fully saturated rings. The largest absolute Gasteiger partial charge is 0.467 e. The highest BCUT2D eigenvalue weighted by Crippen LogP contribution is 2.24. The lowest BCUT2D eigenvalue weighted by atomic mass is 9.93. The van der Waals surface area contributed by atoms with E-state index in [1.165, 1.54) is 10.7 Å². The van der Waals surface area contributed by atoms with Crippen molar-refractivity contribution >= 4 is 29.7 Å². The summed E-state index contributed by atoms with van der Waals surface area (Å²) in [6.07, 6.45) is 7.31. The Bertz CT molecular complexity index is 1810. The highest BCUT2D eigenvalue weighted by atomic mass is 16.6. The number of benzene rings is 2. The normalized spacial score (nSPS) is 17.3. The van der Waals surface area contributed by atoms with Crippen molar-refractivity contribution in [2.75, 3.05) is 52.5 Å². The molecule has 15 nitrogen and oxygen atoms in total. The first-order valence-electron chi connectivity index (χ1n) is 20.8. The number of carbonyl (C=O) groups excluding carboxylic acids is 5. The van der Waals surface area contributed by atoms with Gasteiger partial charge in [-0.15, -0.1) is 0 Å². The molecule has 3 aromatic rings. The number of likely N-dealkylation sites (tertiary alicyclic amines) is 1. The van der Waals surface area contributed by atoms with E-state index in [0.29, 0.717) is 83.9 Å². The quantitative estimate of drug-likeness (QED) is 0.167. The summed E-state index contributed by atoms with van der Waals surface area (Å²) < 4.78 is 18.7. The van der Waals surface area contributed by atoms with Crippen LogP contribution >= 0.6 is 0 Å². The monoisotopic (exact) mass is 799 g/mol. The topological polar surface area (TPSA) is 165 Å². The highest BCUT2D eigenvalue weighted by Gasteiger charge is 2.36. The molecule has 1 aliphatic carbocycles. The first-order valence-corrected chi connectivity index (χ1v) is 20.8. The molecule has 0 radical (unpaired) electrons. The number of ether oxygens (including phenoxy) is 3. The minimum atomic E-state index is -0.865. The third-order valence-corrected chi connectivity index (χ3v) is 10.9. The van der Waals surface area contributed by atoms with Gasteiger partial charge in [0.25, 0.3) is 11.8 Å². The highest BCUT2D eigenvalue weighted by molar-refractivity contribution is 5.96. The molecule has 1 saturated carbocycles. The van der Waals surface area contributed by atoms with E-state index in [9.17, 15) is 24.0 Å². The SMILES string of the molecule is CCCCOC(=O)N1CCN(C(=O)C(CCCCOCc2ccccc2)NC(=O)c2cc(OCC(=O)N3CCCC3C(=O)NC3CCC3)n(-c3ccccc3)n2)CC1. The molecule has 2 aromatic carbocycles. The molecule has 2 N–H and O–H groups in total. The molecule has 58 heavy (non-hydrogen) atoms. The summed E-state index contributed by atoms with van der Waals surface area (Å²) in [5, 5.41) is 10.6. The van der Waals surface area contributed by atoms with Gasteiger partial charge in [-0.25, -0.2) is 9.48 Å². The van der Waals surface area contributed by atoms with E-state index in [1.54, 1.807) is 26.8 Å². The average Bonchev–Trinajstić information content (AvgIpc) is 3.91. The van der Waals surface area contributed by atoms with Crippen molar-refractivity contribution < 1.29 is 38.2 Å². The number of para-hydroxylation sites is 1. The lowest BCUT2D eigenvalue weighted by molar-refractivity contribution is -0.140. The molecule has 15 heteroatoms. The minimum Gasteiger partial charge on any atom is -0.467 e. The maximum absolute atomic E-state index is 14.0. The number of hydrogen-bond donors (Lipinski definition) is 2. The van der Waals surface area contributed by atoms with Crippen LogP contribution in [0.4, 0.5) is 4.79 Å². The van der Waals surface area contributed by atoms with E-state index >= 15 is 0 Å². The number of nitrogens with zero attached hydrogens (tertiary/aromatic N) is 5. The van der Waals surface area contributed by atoms with Crippen LogP contribution in [0.15, 0.2) is 66.7 Å². The summed E-state index contributed by atoms with van der Waals surface area (Å²) >= 11 is 0. The lowest BCUT2D eigenvalue weighted by Crippen LogP contribution is -2.56. The summed E-state index contributed by atoms with van der Waals surface area (Å²) in [4.78, 5) is 71.8. The number of rotatable bonds is 19. The second-order valence-electron chi connectivity index (χ2n) is 15.1. The smallest absolute Gasteiger partial charge is 0.409 e. The molecule has 3 aliphatic rings. The number of unbranched alkanes of at least 4 members (excludes halogenated alkanes) is 2. The minimum absolute atomic E-state index is 0.00821. The first kappa shape index (κ1) is 42.2. The van der Waals surface area contributed by atoms with Crippen LogP contribution in [0, 0.1) is 0 Å². The fourth-order valence-corrected chi connectivity index (χ4v) is 7.27. The van der Waals surface area contributed by atoms with Gasteiger partial charge in [0.15, 0.2) is 12.3 Å². The number of amides is 5. The predicted molar refractivity (Wildman–Crippen MR) is 215 cm³/mol. The molecule has 2 saturated heterocycles. The van der Waals surface area contributed by atoms with Gasteiger partial charge >= 0.3 is 6.09 Å². The maximum Gasteiger partial charge on any atom is 0.409 e. The van der Waals surface area contributed by atoms with Gasteiger partial charge in [0, 0.05) is 51.4 Å². The van der Waals surface area contributed by atoms with Gasteiger partial charge in [-0.3, -0.25) is 19.2 Å². The van der Waals surface area contributed by atoms with Crippen LogP contribution in [0.5, 0.6) is 5.88 Å². The third kappa shape index (κ3) is 11.6. The molecule has 6 rings (SSSR count). The van der Waals surface area contributed by atoms with E-state index in [1.807, 2.05) is 55.5 Å². The van der Waals surface area contributed by atoms with Gasteiger partial charge in [0.2, 0.25) is 17.7 Å². The Morgan fingerprint density at radius 3 is 2.26 bits per heavy atom. The summed E-state index contributed by atoms with van der Waals surface area (Å²) in [6.45, 7) is 4.75. The van der Waals surface area contributed by atoms with E-state index < -0.39 is 18.0 Å². The van der Waals surface area contributed by atoms with Crippen molar-refractivity contribution in [3.8, 4) is 11.6 Å². The van der Waals surface area contributed by atoms with Crippen LogP contribution in [-0.4, -0.2) is 125 Å². The Labute approximate surface area is 340 Å². The Hall–Kier alpha value is -5.44. The molecule has 2 atom stereocenters. The Morgan fingerprint density at radius 1 is 0.828 bits per heavy atom. The van der Waals surface area contributed by atoms with Crippen LogP contribution < -0.4 is 15.4 Å². The fourth-order valence-electron chi connectivity index (χ4n) is 7.27. The zero-order valence-corrected chi connectivity index (χ0v) is 33.5. The van der Waals surface area contributed by atoms with Gasteiger partial charge in [-0.2, -0.15) is 5.10 Å². The number of carbonyl (C=O) groups is 5. The molecule has 0 spiro atoms. The Kier molecular flexibility index (Phi) is 15.5. The summed E-state index contributed by atoms with van der Waals surface area (Å²) in [5.41, 5.74) is 1.69. The van der Waals surface area contributed by atoms with E-state index in [0.717, 1.165) is 44.1 Å². The van der Waals surface area contributed by atoms with Crippen LogP contribution in [-0.2, 0) is 30.5 Å². The number of nitrogens with one attached hydrogen (secondary N) is 2. The van der Waals surface area contributed by atoms with Crippen molar-refractivity contribution in [2.24, 2.45) is 0 Å². The van der Waals surface area contributed by atoms with Crippen LogP contribution in [0.2, 0.25) is 0 Å². The van der Waals surface area contributed by atoms with E-state index in [4.69, 9.17) is 14.2 Å². The van der Waals surface area contributed by atoms with Gasteiger partial charge in [0.1, 0.15) is 12.1 Å². The van der Waals surface area contributed by atoms with Crippen LogP contribution in [0.25, 0.3) is 5.69 Å². The van der Waals surface area contributed by atoms with Crippen molar-refractivity contribution in [1.29, 1.82) is 0 Å². The van der Waals surface area contributed by atoms with E-state index in [-0.39, 0.29) is 48.0 Å². The predicted octanol–water partition coefficient (Wildman–Crippen LogP) is 4.48. The molecule has 5 amide bonds. The van der Waals surface area contributed by atoms with Crippen molar-refractivity contribution in [2.45, 2.75) is 95.9 Å².